The number of ether oxygens (including phenoxy) is 1. The Balaban J connectivity index is 1.84. The largest absolute Gasteiger partial charge is 0.516 e. The summed E-state index contributed by atoms with van der Waals surface area (Å²) in [6.45, 7) is -0.366. The fourth-order valence-corrected chi connectivity index (χ4v) is 3.45. The summed E-state index contributed by atoms with van der Waals surface area (Å²) in [7, 11) is 0. The number of alkyl halides is 6. The van der Waals surface area contributed by atoms with E-state index in [4.69, 9.17) is 9.84 Å². The van der Waals surface area contributed by atoms with E-state index in [1.807, 2.05) is 12.1 Å². The summed E-state index contributed by atoms with van der Waals surface area (Å²) >= 11 is 0. The molecule has 2 aromatic carbocycles. The first-order valence-electron chi connectivity index (χ1n) is 8.91. The van der Waals surface area contributed by atoms with E-state index in [1.54, 1.807) is 6.07 Å². The highest BCUT2D eigenvalue weighted by Crippen LogP contribution is 2.38. The molecule has 0 heterocycles. The van der Waals surface area contributed by atoms with Gasteiger partial charge in [0, 0.05) is 0 Å². The van der Waals surface area contributed by atoms with Crippen molar-refractivity contribution in [3.63, 3.8) is 0 Å². The maximum atomic E-state index is 13.0. The fourth-order valence-electron chi connectivity index (χ4n) is 3.45. The molecule has 1 N–H and O–H groups in total. The summed E-state index contributed by atoms with van der Waals surface area (Å²) in [6, 6.07) is 6.93. The molecule has 0 aliphatic heterocycles. The third-order valence-electron chi connectivity index (χ3n) is 4.79. The standard InChI is InChI=1S/C21H18F6O2/c22-20(23,24)16-9-14(10-17(11-16)21(25,26)27)12-29-19-3-1-2-15-8-13(6-7-28)4-5-18(15)19/h4-11,19,28H,1-3,12H2/b7-6+. The smallest absolute Gasteiger partial charge is 0.416 e. The second-order valence-electron chi connectivity index (χ2n) is 6.88. The summed E-state index contributed by atoms with van der Waals surface area (Å²) in [5.41, 5.74) is -0.254. The van der Waals surface area contributed by atoms with Gasteiger partial charge >= 0.3 is 12.4 Å². The SMILES string of the molecule is O/C=C/c1ccc2c(c1)CCCC2OCc1cc(C(F)(F)F)cc(C(F)(F)F)c1. The molecule has 0 bridgehead atoms. The van der Waals surface area contributed by atoms with E-state index >= 15 is 0 Å². The summed E-state index contributed by atoms with van der Waals surface area (Å²) < 4.78 is 83.7. The zero-order valence-electron chi connectivity index (χ0n) is 15.1. The molecular weight excluding hydrogens is 398 g/mol. The lowest BCUT2D eigenvalue weighted by Gasteiger charge is -2.26. The number of rotatable bonds is 4. The van der Waals surface area contributed by atoms with Crippen molar-refractivity contribution in [1.82, 2.24) is 0 Å². The molecule has 2 nitrogen and oxygen atoms in total. The molecule has 1 unspecified atom stereocenters. The van der Waals surface area contributed by atoms with Crippen LogP contribution in [0.2, 0.25) is 0 Å². The van der Waals surface area contributed by atoms with Gasteiger partial charge in [-0.2, -0.15) is 26.3 Å². The summed E-state index contributed by atoms with van der Waals surface area (Å²) in [4.78, 5) is 0. The van der Waals surface area contributed by atoms with Gasteiger partial charge in [-0.1, -0.05) is 18.2 Å². The second-order valence-corrected chi connectivity index (χ2v) is 6.88. The Bertz CT molecular complexity index is 867. The van der Waals surface area contributed by atoms with Gasteiger partial charge in [-0.3, -0.25) is 0 Å². The lowest BCUT2D eigenvalue weighted by molar-refractivity contribution is -0.143. The third-order valence-corrected chi connectivity index (χ3v) is 4.79. The molecule has 29 heavy (non-hydrogen) atoms. The quantitative estimate of drug-likeness (QED) is 0.436. The number of aliphatic hydroxyl groups excluding tert-OH is 1. The predicted molar refractivity (Wildman–Crippen MR) is 95.0 cm³/mol. The number of benzene rings is 2. The first-order valence-corrected chi connectivity index (χ1v) is 8.91. The molecule has 3 rings (SSSR count). The number of aliphatic hydroxyl groups is 1. The first-order chi connectivity index (χ1) is 13.6. The summed E-state index contributed by atoms with van der Waals surface area (Å²) in [5.74, 6) is 0. The number of hydrogen-bond donors (Lipinski definition) is 1. The van der Waals surface area contributed by atoms with Crippen LogP contribution in [0.1, 0.15) is 52.3 Å². The minimum atomic E-state index is -4.88. The van der Waals surface area contributed by atoms with Crippen LogP contribution in [0.4, 0.5) is 26.3 Å². The van der Waals surface area contributed by atoms with Crippen LogP contribution in [-0.2, 0) is 30.1 Å². The Labute approximate surface area is 163 Å². The topological polar surface area (TPSA) is 29.5 Å². The first kappa shape index (κ1) is 21.2. The normalized spacial score (nSPS) is 17.5. The van der Waals surface area contributed by atoms with E-state index in [1.165, 1.54) is 6.08 Å². The third kappa shape index (κ3) is 5.12. The summed E-state index contributed by atoms with van der Waals surface area (Å²) in [5, 5.41) is 8.88. The minimum Gasteiger partial charge on any atom is -0.516 e. The Morgan fingerprint density at radius 1 is 0.966 bits per heavy atom. The molecule has 1 aliphatic rings. The van der Waals surface area contributed by atoms with E-state index < -0.39 is 29.6 Å². The maximum absolute atomic E-state index is 13.0. The Kier molecular flexibility index (Phi) is 5.93. The van der Waals surface area contributed by atoms with Crippen LogP contribution in [0.3, 0.4) is 0 Å². The lowest BCUT2D eigenvalue weighted by Crippen LogP contribution is -2.15. The van der Waals surface area contributed by atoms with E-state index in [0.29, 0.717) is 18.6 Å². The highest BCUT2D eigenvalue weighted by molar-refractivity contribution is 5.51. The van der Waals surface area contributed by atoms with E-state index in [9.17, 15) is 26.3 Å². The average Bonchev–Trinajstić information content (AvgIpc) is 2.64. The van der Waals surface area contributed by atoms with Crippen molar-refractivity contribution in [1.29, 1.82) is 0 Å². The zero-order chi connectivity index (χ0) is 21.2. The van der Waals surface area contributed by atoms with E-state index in [-0.39, 0.29) is 18.2 Å². The summed E-state index contributed by atoms with van der Waals surface area (Å²) in [6.07, 6.45) is -5.57. The molecule has 8 heteroatoms. The Hall–Kier alpha value is -2.48. The van der Waals surface area contributed by atoms with Crippen LogP contribution in [0.25, 0.3) is 6.08 Å². The molecule has 1 aliphatic carbocycles. The van der Waals surface area contributed by atoms with Gasteiger partial charge in [-0.05, 0) is 65.8 Å². The molecule has 0 saturated heterocycles. The van der Waals surface area contributed by atoms with Gasteiger partial charge in [0.1, 0.15) is 0 Å². The monoisotopic (exact) mass is 416 g/mol. The van der Waals surface area contributed by atoms with Crippen molar-refractivity contribution in [2.24, 2.45) is 0 Å². The van der Waals surface area contributed by atoms with Crippen molar-refractivity contribution in [3.05, 3.63) is 76.0 Å². The van der Waals surface area contributed by atoms with Crippen molar-refractivity contribution >= 4 is 6.08 Å². The van der Waals surface area contributed by atoms with Crippen molar-refractivity contribution < 1.29 is 36.2 Å². The fraction of sp³-hybridized carbons (Fsp3) is 0.333. The molecular formula is C21H18F6O2. The molecule has 0 spiro atoms. The second kappa shape index (κ2) is 8.10. The van der Waals surface area contributed by atoms with Gasteiger partial charge in [0.25, 0.3) is 0 Å². The Morgan fingerprint density at radius 3 is 2.21 bits per heavy atom. The number of halogens is 6. The highest BCUT2D eigenvalue weighted by Gasteiger charge is 2.37. The van der Waals surface area contributed by atoms with E-state index in [2.05, 4.69) is 0 Å². The van der Waals surface area contributed by atoms with Crippen LogP contribution >= 0.6 is 0 Å². The molecule has 156 valence electrons. The van der Waals surface area contributed by atoms with Gasteiger partial charge in [0.15, 0.2) is 0 Å². The van der Waals surface area contributed by atoms with Crippen LogP contribution in [0.5, 0.6) is 0 Å². The van der Waals surface area contributed by atoms with Crippen LogP contribution in [0.15, 0.2) is 42.7 Å². The van der Waals surface area contributed by atoms with Gasteiger partial charge in [0.2, 0.25) is 0 Å². The number of hydrogen-bond acceptors (Lipinski definition) is 2. The molecule has 0 aromatic heterocycles. The van der Waals surface area contributed by atoms with Crippen LogP contribution < -0.4 is 0 Å². The van der Waals surface area contributed by atoms with Gasteiger partial charge in [-0.25, -0.2) is 0 Å². The van der Waals surface area contributed by atoms with E-state index in [0.717, 1.165) is 35.8 Å². The molecule has 1 atom stereocenters. The minimum absolute atomic E-state index is 0.107. The number of aryl methyl sites for hydroxylation is 1. The highest BCUT2D eigenvalue weighted by atomic mass is 19.4. The molecule has 0 fully saturated rings. The van der Waals surface area contributed by atoms with Crippen LogP contribution in [0, 0.1) is 0 Å². The van der Waals surface area contributed by atoms with Crippen molar-refractivity contribution in [2.45, 2.75) is 44.3 Å². The van der Waals surface area contributed by atoms with Crippen LogP contribution in [-0.4, -0.2) is 5.11 Å². The lowest BCUT2D eigenvalue weighted by atomic mass is 9.88. The van der Waals surface area contributed by atoms with Gasteiger partial charge < -0.3 is 9.84 Å². The van der Waals surface area contributed by atoms with Gasteiger partial charge in [0.05, 0.1) is 30.1 Å². The molecule has 0 saturated carbocycles. The molecule has 2 aromatic rings. The average molecular weight is 416 g/mol. The zero-order valence-corrected chi connectivity index (χ0v) is 15.1. The Morgan fingerprint density at radius 2 is 1.62 bits per heavy atom. The number of fused-ring (bicyclic) bond motifs is 1. The van der Waals surface area contributed by atoms with Crippen molar-refractivity contribution in [3.8, 4) is 0 Å². The van der Waals surface area contributed by atoms with Crippen molar-refractivity contribution in [2.75, 3.05) is 0 Å². The molecule has 0 radical (unpaired) electrons. The van der Waals surface area contributed by atoms with Gasteiger partial charge in [-0.15, -0.1) is 0 Å². The molecule has 0 amide bonds. The predicted octanol–water partition coefficient (Wildman–Crippen LogP) is 6.85. The maximum Gasteiger partial charge on any atom is 0.416 e.